The van der Waals surface area contributed by atoms with E-state index >= 15 is 0 Å². The topological polar surface area (TPSA) is 105 Å². The van der Waals surface area contributed by atoms with E-state index in [2.05, 4.69) is 10.6 Å². The number of nitro benzene ring substituents is 1. The molecule has 1 aliphatic rings. The van der Waals surface area contributed by atoms with Crippen molar-refractivity contribution in [3.8, 4) is 0 Å². The van der Waals surface area contributed by atoms with Gasteiger partial charge in [0.05, 0.1) is 15.8 Å². The molecule has 0 spiro atoms. The lowest BCUT2D eigenvalue weighted by molar-refractivity contribution is -0.384. The number of anilines is 2. The monoisotopic (exact) mass is 374 g/mol. The van der Waals surface area contributed by atoms with Gasteiger partial charge in [0.15, 0.2) is 0 Å². The van der Waals surface area contributed by atoms with Crippen molar-refractivity contribution >= 4 is 39.7 Å². The summed E-state index contributed by atoms with van der Waals surface area (Å²) in [5.74, 6) is -0.587. The lowest BCUT2D eigenvalue weighted by Crippen LogP contribution is -2.45. The van der Waals surface area contributed by atoms with Gasteiger partial charge in [0.2, 0.25) is 5.91 Å². The molecule has 1 aromatic carbocycles. The summed E-state index contributed by atoms with van der Waals surface area (Å²) < 4.78 is 0. The second-order valence-electron chi connectivity index (χ2n) is 5.99. The summed E-state index contributed by atoms with van der Waals surface area (Å²) in [6.45, 7) is 0.912. The molecule has 26 heavy (non-hydrogen) atoms. The van der Waals surface area contributed by atoms with Gasteiger partial charge in [0.1, 0.15) is 0 Å². The largest absolute Gasteiger partial charge is 0.326 e. The third-order valence-electron chi connectivity index (χ3n) is 4.16. The summed E-state index contributed by atoms with van der Waals surface area (Å²) in [7, 11) is 0. The van der Waals surface area contributed by atoms with E-state index in [0.29, 0.717) is 25.2 Å². The van der Waals surface area contributed by atoms with Gasteiger partial charge in [-0.2, -0.15) is 0 Å². The Hall–Kier alpha value is -2.94. The highest BCUT2D eigenvalue weighted by Gasteiger charge is 2.28. The predicted molar refractivity (Wildman–Crippen MR) is 99.4 cm³/mol. The van der Waals surface area contributed by atoms with Gasteiger partial charge in [-0.05, 0) is 36.4 Å². The Balaban J connectivity index is 1.60. The van der Waals surface area contributed by atoms with Crippen LogP contribution in [0.2, 0.25) is 0 Å². The van der Waals surface area contributed by atoms with Crippen LogP contribution in [-0.4, -0.2) is 34.9 Å². The second kappa shape index (κ2) is 7.96. The van der Waals surface area contributed by atoms with Gasteiger partial charge in [-0.3, -0.25) is 20.2 Å². The fourth-order valence-electron chi connectivity index (χ4n) is 2.85. The van der Waals surface area contributed by atoms with Crippen molar-refractivity contribution in [3.63, 3.8) is 0 Å². The van der Waals surface area contributed by atoms with Gasteiger partial charge in [-0.1, -0.05) is 6.07 Å². The number of urea groups is 1. The molecule has 0 radical (unpaired) electrons. The fraction of sp³-hybridized carbons (Fsp3) is 0.294. The van der Waals surface area contributed by atoms with Crippen molar-refractivity contribution in [2.24, 2.45) is 5.92 Å². The van der Waals surface area contributed by atoms with Crippen LogP contribution in [0.15, 0.2) is 41.8 Å². The van der Waals surface area contributed by atoms with E-state index in [1.807, 2.05) is 17.5 Å². The zero-order valence-corrected chi connectivity index (χ0v) is 14.7. The molecule has 2 aromatic rings. The van der Waals surface area contributed by atoms with Crippen LogP contribution in [0.25, 0.3) is 0 Å². The van der Waals surface area contributed by atoms with Crippen LogP contribution in [-0.2, 0) is 4.79 Å². The van der Waals surface area contributed by atoms with Gasteiger partial charge in [-0.25, -0.2) is 4.79 Å². The molecule has 1 aromatic heterocycles. The zero-order chi connectivity index (χ0) is 18.5. The first-order valence-electron chi connectivity index (χ1n) is 8.17. The van der Waals surface area contributed by atoms with E-state index in [0.717, 1.165) is 11.4 Å². The van der Waals surface area contributed by atoms with Crippen molar-refractivity contribution < 1.29 is 14.5 Å². The van der Waals surface area contributed by atoms with Crippen LogP contribution in [0.5, 0.6) is 0 Å². The number of nitrogens with one attached hydrogen (secondary N) is 2. The highest BCUT2D eigenvalue weighted by atomic mass is 32.1. The zero-order valence-electron chi connectivity index (χ0n) is 13.9. The standard InChI is InChI=1S/C17H18N4O4S/c22-16(18-13-5-1-6-14(10-13)21(24)25)12-4-2-8-20(11-12)17(23)19-15-7-3-9-26-15/h1,3,5-7,9-10,12H,2,4,8,11H2,(H,18,22)(H,19,23). The van der Waals surface area contributed by atoms with Gasteiger partial charge >= 0.3 is 6.03 Å². The van der Waals surface area contributed by atoms with Crippen molar-refractivity contribution in [1.29, 1.82) is 0 Å². The second-order valence-corrected chi connectivity index (χ2v) is 6.94. The normalized spacial score (nSPS) is 16.8. The molecule has 136 valence electrons. The van der Waals surface area contributed by atoms with Crippen molar-refractivity contribution in [1.82, 2.24) is 4.90 Å². The quantitative estimate of drug-likeness (QED) is 0.631. The number of rotatable bonds is 4. The lowest BCUT2D eigenvalue weighted by Gasteiger charge is -2.31. The summed E-state index contributed by atoms with van der Waals surface area (Å²) in [5.41, 5.74) is 0.299. The molecule has 9 heteroatoms. The molecule has 2 N–H and O–H groups in total. The maximum atomic E-state index is 12.5. The number of carbonyl (C=O) groups excluding carboxylic acids is 2. The average Bonchev–Trinajstić information content (AvgIpc) is 3.15. The molecule has 3 rings (SSSR count). The summed E-state index contributed by atoms with van der Waals surface area (Å²) in [4.78, 5) is 36.8. The third-order valence-corrected chi connectivity index (χ3v) is 4.94. The number of carbonyl (C=O) groups is 2. The Morgan fingerprint density at radius 1 is 1.23 bits per heavy atom. The number of hydrogen-bond acceptors (Lipinski definition) is 5. The van der Waals surface area contributed by atoms with E-state index in [-0.39, 0.29) is 23.5 Å². The van der Waals surface area contributed by atoms with Gasteiger partial charge in [0, 0.05) is 30.9 Å². The summed E-state index contributed by atoms with van der Waals surface area (Å²) in [6.07, 6.45) is 1.40. The number of piperidine rings is 1. The number of likely N-dealkylation sites (tertiary alicyclic amines) is 1. The highest BCUT2D eigenvalue weighted by molar-refractivity contribution is 7.14. The molecular formula is C17H18N4O4S. The maximum Gasteiger partial charge on any atom is 0.322 e. The molecule has 1 unspecified atom stereocenters. The molecule has 0 bridgehead atoms. The SMILES string of the molecule is O=C(Nc1cccc([N+](=O)[O-])c1)C1CCCN(C(=O)Nc2cccs2)C1. The minimum absolute atomic E-state index is 0.0802. The number of non-ortho nitro benzene ring substituents is 1. The van der Waals surface area contributed by atoms with E-state index in [1.165, 1.54) is 29.5 Å². The molecule has 3 amide bonds. The van der Waals surface area contributed by atoms with Gasteiger partial charge < -0.3 is 10.2 Å². The van der Waals surface area contributed by atoms with E-state index in [9.17, 15) is 19.7 Å². The number of amides is 3. The molecule has 0 aliphatic carbocycles. The van der Waals surface area contributed by atoms with Gasteiger partial charge in [-0.15, -0.1) is 11.3 Å². The first-order chi connectivity index (χ1) is 12.5. The predicted octanol–water partition coefficient (Wildman–Crippen LogP) is 3.54. The van der Waals surface area contributed by atoms with Crippen LogP contribution in [0, 0.1) is 16.0 Å². The molecule has 1 atom stereocenters. The third kappa shape index (κ3) is 4.37. The number of nitro groups is 1. The van der Waals surface area contributed by atoms with Crippen LogP contribution >= 0.6 is 11.3 Å². The maximum absolute atomic E-state index is 12.5. The van der Waals surface area contributed by atoms with Gasteiger partial charge in [0.25, 0.3) is 5.69 Å². The number of thiophene rings is 1. The lowest BCUT2D eigenvalue weighted by atomic mass is 9.97. The Bertz CT molecular complexity index is 809. The number of hydrogen-bond donors (Lipinski definition) is 2. The summed E-state index contributed by atoms with van der Waals surface area (Å²) in [6, 6.07) is 9.27. The van der Waals surface area contributed by atoms with Crippen LogP contribution in [0.1, 0.15) is 12.8 Å². The van der Waals surface area contributed by atoms with Crippen molar-refractivity contribution in [3.05, 3.63) is 51.9 Å². The molecule has 2 heterocycles. The smallest absolute Gasteiger partial charge is 0.322 e. The van der Waals surface area contributed by atoms with E-state index in [1.54, 1.807) is 11.0 Å². The van der Waals surface area contributed by atoms with Crippen LogP contribution < -0.4 is 10.6 Å². The Kier molecular flexibility index (Phi) is 5.47. The molecule has 0 saturated carbocycles. The number of nitrogens with zero attached hydrogens (tertiary/aromatic N) is 2. The molecule has 1 saturated heterocycles. The molecule has 1 fully saturated rings. The Morgan fingerprint density at radius 3 is 2.81 bits per heavy atom. The fourth-order valence-corrected chi connectivity index (χ4v) is 3.46. The Morgan fingerprint density at radius 2 is 2.08 bits per heavy atom. The average molecular weight is 374 g/mol. The van der Waals surface area contributed by atoms with E-state index < -0.39 is 4.92 Å². The Labute approximate surface area is 154 Å². The summed E-state index contributed by atoms with van der Waals surface area (Å²) in [5, 5.41) is 19.0. The number of benzene rings is 1. The molecule has 8 nitrogen and oxygen atoms in total. The van der Waals surface area contributed by atoms with Crippen molar-refractivity contribution in [2.45, 2.75) is 12.8 Å². The first kappa shape index (κ1) is 17.9. The molecule has 1 aliphatic heterocycles. The van der Waals surface area contributed by atoms with Crippen LogP contribution in [0.4, 0.5) is 21.2 Å². The summed E-state index contributed by atoms with van der Waals surface area (Å²) >= 11 is 1.43. The highest BCUT2D eigenvalue weighted by Crippen LogP contribution is 2.22. The van der Waals surface area contributed by atoms with Crippen LogP contribution in [0.3, 0.4) is 0 Å². The first-order valence-corrected chi connectivity index (χ1v) is 9.05. The van der Waals surface area contributed by atoms with E-state index in [4.69, 9.17) is 0 Å². The minimum atomic E-state index is -0.507. The minimum Gasteiger partial charge on any atom is -0.326 e. The van der Waals surface area contributed by atoms with Crippen molar-refractivity contribution in [2.75, 3.05) is 23.7 Å². The molecular weight excluding hydrogens is 356 g/mol.